The maximum absolute atomic E-state index is 10.9. The van der Waals surface area contributed by atoms with E-state index in [9.17, 15) is 4.79 Å². The Morgan fingerprint density at radius 1 is 1.30 bits per heavy atom. The largest absolute Gasteiger partial charge is 0.495 e. The predicted octanol–water partition coefficient (Wildman–Crippen LogP) is 2.87. The molecule has 4 aromatic rings. The van der Waals surface area contributed by atoms with E-state index in [1.54, 1.807) is 18.4 Å². The summed E-state index contributed by atoms with van der Waals surface area (Å²) in [6, 6.07) is 8.43. The van der Waals surface area contributed by atoms with Crippen LogP contribution in [0.15, 0.2) is 30.6 Å². The lowest BCUT2D eigenvalue weighted by Gasteiger charge is -2.04. The Labute approximate surface area is 177 Å². The molecule has 0 unspecified atom stereocenters. The van der Waals surface area contributed by atoms with Gasteiger partial charge in [-0.3, -0.25) is 4.79 Å². The van der Waals surface area contributed by atoms with Gasteiger partial charge in [-0.2, -0.15) is 5.10 Å². The SMILES string of the molecule is COc1cc(C)cc2cc(-c3cc(CNCCCC(N)=O)n4ncnc(N)c34)sc12. The van der Waals surface area contributed by atoms with Crippen molar-refractivity contribution in [1.29, 1.82) is 0 Å². The summed E-state index contributed by atoms with van der Waals surface area (Å²) >= 11 is 1.66. The fraction of sp³-hybridized carbons (Fsp3) is 0.286. The minimum atomic E-state index is -0.289. The predicted molar refractivity (Wildman–Crippen MR) is 120 cm³/mol. The van der Waals surface area contributed by atoms with Gasteiger partial charge in [0.15, 0.2) is 5.82 Å². The number of ether oxygens (including phenoxy) is 1. The first-order chi connectivity index (χ1) is 14.5. The van der Waals surface area contributed by atoms with Crippen LogP contribution in [0.2, 0.25) is 0 Å². The molecular formula is C21H24N6O2S. The van der Waals surface area contributed by atoms with Crippen molar-refractivity contribution >= 4 is 38.7 Å². The molecule has 30 heavy (non-hydrogen) atoms. The Kier molecular flexibility index (Phi) is 5.56. The van der Waals surface area contributed by atoms with Crippen molar-refractivity contribution in [2.24, 2.45) is 5.73 Å². The second-order valence-electron chi connectivity index (χ2n) is 7.20. The molecule has 0 radical (unpaired) electrons. The van der Waals surface area contributed by atoms with Crippen LogP contribution in [0.25, 0.3) is 26.0 Å². The molecule has 0 atom stereocenters. The van der Waals surface area contributed by atoms with Crippen molar-refractivity contribution < 1.29 is 9.53 Å². The minimum Gasteiger partial charge on any atom is -0.495 e. The number of primary amides is 1. The Bertz CT molecular complexity index is 1230. The van der Waals surface area contributed by atoms with Crippen LogP contribution in [0.1, 0.15) is 24.1 Å². The number of carbonyl (C=O) groups is 1. The number of nitrogen functional groups attached to an aromatic ring is 1. The number of thiophene rings is 1. The van der Waals surface area contributed by atoms with E-state index in [1.807, 2.05) is 10.6 Å². The van der Waals surface area contributed by atoms with Crippen LogP contribution in [0.4, 0.5) is 5.82 Å². The highest BCUT2D eigenvalue weighted by molar-refractivity contribution is 7.22. The zero-order valence-electron chi connectivity index (χ0n) is 16.9. The molecule has 0 fully saturated rings. The van der Waals surface area contributed by atoms with Crippen LogP contribution in [0.3, 0.4) is 0 Å². The number of carbonyl (C=O) groups excluding carboxylic acids is 1. The molecule has 0 aliphatic heterocycles. The molecule has 0 aliphatic carbocycles. The van der Waals surface area contributed by atoms with E-state index in [4.69, 9.17) is 16.2 Å². The van der Waals surface area contributed by atoms with Crippen molar-refractivity contribution in [3.05, 3.63) is 41.9 Å². The van der Waals surface area contributed by atoms with Gasteiger partial charge in [0.25, 0.3) is 0 Å². The molecule has 1 amide bonds. The molecule has 4 rings (SSSR count). The maximum Gasteiger partial charge on any atom is 0.217 e. The van der Waals surface area contributed by atoms with Crippen molar-refractivity contribution in [2.45, 2.75) is 26.3 Å². The zero-order chi connectivity index (χ0) is 21.3. The number of hydrogen-bond donors (Lipinski definition) is 3. The fourth-order valence-electron chi connectivity index (χ4n) is 3.60. The molecule has 0 saturated heterocycles. The van der Waals surface area contributed by atoms with Gasteiger partial charge in [-0.05, 0) is 49.0 Å². The zero-order valence-corrected chi connectivity index (χ0v) is 17.8. The molecule has 9 heteroatoms. The number of amides is 1. The van der Waals surface area contributed by atoms with Crippen LogP contribution >= 0.6 is 11.3 Å². The van der Waals surface area contributed by atoms with Crippen molar-refractivity contribution in [3.8, 4) is 16.2 Å². The van der Waals surface area contributed by atoms with Crippen molar-refractivity contribution in [3.63, 3.8) is 0 Å². The van der Waals surface area contributed by atoms with Crippen molar-refractivity contribution in [1.82, 2.24) is 19.9 Å². The molecule has 8 nitrogen and oxygen atoms in total. The summed E-state index contributed by atoms with van der Waals surface area (Å²) in [5.41, 5.74) is 15.3. The third-order valence-electron chi connectivity index (χ3n) is 4.95. The molecule has 156 valence electrons. The number of fused-ring (bicyclic) bond motifs is 2. The molecule has 3 aromatic heterocycles. The highest BCUT2D eigenvalue weighted by Crippen LogP contribution is 2.42. The number of aromatic nitrogens is 3. The summed E-state index contributed by atoms with van der Waals surface area (Å²) in [7, 11) is 1.69. The van der Waals surface area contributed by atoms with Crippen molar-refractivity contribution in [2.75, 3.05) is 19.4 Å². The fourth-order valence-corrected chi connectivity index (χ4v) is 4.75. The topological polar surface area (TPSA) is 121 Å². The molecule has 1 aromatic carbocycles. The molecule has 0 saturated carbocycles. The third-order valence-corrected chi connectivity index (χ3v) is 6.15. The normalized spacial score (nSPS) is 11.4. The van der Waals surface area contributed by atoms with E-state index in [1.165, 1.54) is 6.33 Å². The molecular weight excluding hydrogens is 400 g/mol. The van der Waals surface area contributed by atoms with E-state index < -0.39 is 0 Å². The van der Waals surface area contributed by atoms with Gasteiger partial charge in [0, 0.05) is 23.4 Å². The van der Waals surface area contributed by atoms with Crippen LogP contribution in [-0.2, 0) is 11.3 Å². The number of aryl methyl sites for hydroxylation is 1. The first-order valence-electron chi connectivity index (χ1n) is 9.66. The molecule has 3 heterocycles. The summed E-state index contributed by atoms with van der Waals surface area (Å²) in [6.07, 6.45) is 2.52. The third kappa shape index (κ3) is 3.81. The summed E-state index contributed by atoms with van der Waals surface area (Å²) in [6.45, 7) is 3.33. The first kappa shape index (κ1) is 20.1. The Morgan fingerprint density at radius 2 is 2.13 bits per heavy atom. The summed E-state index contributed by atoms with van der Waals surface area (Å²) < 4.78 is 8.50. The first-order valence-corrected chi connectivity index (χ1v) is 10.5. The minimum absolute atomic E-state index is 0.289. The monoisotopic (exact) mass is 424 g/mol. The lowest BCUT2D eigenvalue weighted by atomic mass is 10.1. The van der Waals surface area contributed by atoms with Crippen LogP contribution in [-0.4, -0.2) is 34.2 Å². The number of hydrogen-bond acceptors (Lipinski definition) is 7. The quantitative estimate of drug-likeness (QED) is 0.374. The van der Waals surface area contributed by atoms with Crippen LogP contribution in [0, 0.1) is 6.92 Å². The number of benzene rings is 1. The van der Waals surface area contributed by atoms with Gasteiger partial charge < -0.3 is 21.5 Å². The average molecular weight is 425 g/mol. The standard InChI is InChI=1S/C21H24N6O2S/c1-12-6-13-8-17(30-20(13)16(7-12)29-2)15-9-14(10-24-5-3-4-18(22)28)27-19(15)21(23)25-11-26-27/h6-9,11,24H,3-5,10H2,1-2H3,(H2,22,28)(H2,23,25,26). The van der Waals surface area contributed by atoms with E-state index in [0.717, 1.165) is 43.1 Å². The highest BCUT2D eigenvalue weighted by atomic mass is 32.1. The van der Waals surface area contributed by atoms with Crippen LogP contribution in [0.5, 0.6) is 5.75 Å². The Hall–Kier alpha value is -3.17. The summed E-state index contributed by atoms with van der Waals surface area (Å²) in [4.78, 5) is 16.2. The second-order valence-corrected chi connectivity index (χ2v) is 8.25. The lowest BCUT2D eigenvalue weighted by Crippen LogP contribution is -2.19. The maximum atomic E-state index is 10.9. The number of nitrogens with zero attached hydrogens (tertiary/aromatic N) is 3. The number of rotatable bonds is 8. The molecule has 0 aliphatic rings. The Balaban J connectivity index is 1.72. The van der Waals surface area contributed by atoms with Crippen LogP contribution < -0.4 is 21.5 Å². The summed E-state index contributed by atoms with van der Waals surface area (Å²) in [5, 5.41) is 8.88. The smallest absolute Gasteiger partial charge is 0.217 e. The lowest BCUT2D eigenvalue weighted by molar-refractivity contribution is -0.118. The molecule has 5 N–H and O–H groups in total. The van der Waals surface area contributed by atoms with Gasteiger partial charge >= 0.3 is 0 Å². The van der Waals surface area contributed by atoms with Gasteiger partial charge in [0.2, 0.25) is 5.91 Å². The number of nitrogens with one attached hydrogen (secondary N) is 1. The average Bonchev–Trinajstić information content (AvgIpc) is 3.29. The van der Waals surface area contributed by atoms with Gasteiger partial charge in [0.05, 0.1) is 17.5 Å². The Morgan fingerprint density at radius 3 is 2.90 bits per heavy atom. The van der Waals surface area contributed by atoms with E-state index in [2.05, 4.69) is 40.5 Å². The summed E-state index contributed by atoms with van der Waals surface area (Å²) in [5.74, 6) is 1.01. The highest BCUT2D eigenvalue weighted by Gasteiger charge is 2.18. The molecule has 0 spiro atoms. The number of methoxy groups -OCH3 is 1. The van der Waals surface area contributed by atoms with Gasteiger partial charge in [-0.15, -0.1) is 11.3 Å². The van der Waals surface area contributed by atoms with E-state index >= 15 is 0 Å². The van der Waals surface area contributed by atoms with Gasteiger partial charge in [-0.25, -0.2) is 9.50 Å². The van der Waals surface area contributed by atoms with Gasteiger partial charge in [-0.1, -0.05) is 6.07 Å². The molecule has 0 bridgehead atoms. The van der Waals surface area contributed by atoms with E-state index in [-0.39, 0.29) is 5.91 Å². The second kappa shape index (κ2) is 8.29. The van der Waals surface area contributed by atoms with E-state index in [0.29, 0.717) is 31.7 Å². The van der Waals surface area contributed by atoms with Gasteiger partial charge in [0.1, 0.15) is 17.6 Å². The number of anilines is 1. The number of nitrogens with two attached hydrogens (primary N) is 2.